The summed E-state index contributed by atoms with van der Waals surface area (Å²) in [4.78, 5) is 12.1. The van der Waals surface area contributed by atoms with E-state index in [2.05, 4.69) is 10.6 Å². The van der Waals surface area contributed by atoms with E-state index in [0.29, 0.717) is 31.2 Å². The molecule has 1 saturated heterocycles. The first kappa shape index (κ1) is 17.3. The standard InChI is InChI=1S/C17H18N2O3.ClH/c20-17(16-12-21-10-9-18-16)19-13-5-4-8-15(11-13)22-14-6-2-1-3-7-14;/h1-8,11,16,18H,9-10,12H2,(H,19,20);1H. The first-order chi connectivity index (χ1) is 10.8. The molecule has 1 unspecified atom stereocenters. The maximum Gasteiger partial charge on any atom is 0.243 e. The number of hydrogen-bond acceptors (Lipinski definition) is 4. The summed E-state index contributed by atoms with van der Waals surface area (Å²) in [7, 11) is 0. The highest BCUT2D eigenvalue weighted by Gasteiger charge is 2.21. The van der Waals surface area contributed by atoms with Crippen LogP contribution in [0.4, 0.5) is 5.69 Å². The second kappa shape index (κ2) is 8.53. The summed E-state index contributed by atoms with van der Waals surface area (Å²) in [5.41, 5.74) is 0.700. The van der Waals surface area contributed by atoms with E-state index in [9.17, 15) is 4.79 Å². The van der Waals surface area contributed by atoms with Crippen LogP contribution < -0.4 is 15.4 Å². The van der Waals surface area contributed by atoms with E-state index in [-0.39, 0.29) is 24.4 Å². The van der Waals surface area contributed by atoms with Crippen molar-refractivity contribution in [1.82, 2.24) is 5.32 Å². The molecule has 122 valence electrons. The highest BCUT2D eigenvalue weighted by molar-refractivity contribution is 5.95. The van der Waals surface area contributed by atoms with E-state index >= 15 is 0 Å². The Morgan fingerprint density at radius 1 is 1.13 bits per heavy atom. The fraction of sp³-hybridized carbons (Fsp3) is 0.235. The fourth-order valence-electron chi connectivity index (χ4n) is 2.23. The summed E-state index contributed by atoms with van der Waals surface area (Å²) in [6, 6.07) is 16.5. The number of benzene rings is 2. The van der Waals surface area contributed by atoms with Crippen LogP contribution in [0.15, 0.2) is 54.6 Å². The van der Waals surface area contributed by atoms with Gasteiger partial charge < -0.3 is 20.1 Å². The molecule has 5 nitrogen and oxygen atoms in total. The van der Waals surface area contributed by atoms with Crippen LogP contribution in [0.3, 0.4) is 0 Å². The Morgan fingerprint density at radius 2 is 1.91 bits per heavy atom. The molecule has 6 heteroatoms. The molecule has 2 aromatic rings. The molecular weight excluding hydrogens is 316 g/mol. The van der Waals surface area contributed by atoms with Crippen molar-refractivity contribution in [3.8, 4) is 11.5 Å². The van der Waals surface area contributed by atoms with Crippen LogP contribution in [0.1, 0.15) is 0 Å². The minimum Gasteiger partial charge on any atom is -0.457 e. The molecule has 2 aromatic carbocycles. The van der Waals surface area contributed by atoms with Gasteiger partial charge in [0.2, 0.25) is 5.91 Å². The SMILES string of the molecule is Cl.O=C(Nc1cccc(Oc2ccccc2)c1)C1COCCN1. The Morgan fingerprint density at radius 3 is 2.65 bits per heavy atom. The van der Waals surface area contributed by atoms with E-state index in [4.69, 9.17) is 9.47 Å². The smallest absolute Gasteiger partial charge is 0.243 e. The first-order valence-electron chi connectivity index (χ1n) is 7.26. The fourth-order valence-corrected chi connectivity index (χ4v) is 2.23. The molecule has 0 radical (unpaired) electrons. The van der Waals surface area contributed by atoms with Crippen molar-refractivity contribution in [2.75, 3.05) is 25.1 Å². The topological polar surface area (TPSA) is 59.6 Å². The molecule has 1 aliphatic heterocycles. The average Bonchev–Trinajstić information content (AvgIpc) is 2.57. The van der Waals surface area contributed by atoms with Gasteiger partial charge in [-0.05, 0) is 24.3 Å². The van der Waals surface area contributed by atoms with Crippen LogP contribution in [0, 0.1) is 0 Å². The number of carbonyl (C=O) groups excluding carboxylic acids is 1. The van der Waals surface area contributed by atoms with Crippen molar-refractivity contribution in [3.05, 3.63) is 54.6 Å². The molecule has 0 spiro atoms. The van der Waals surface area contributed by atoms with Crippen molar-refractivity contribution < 1.29 is 14.3 Å². The number of hydrogen-bond donors (Lipinski definition) is 2. The Hall–Kier alpha value is -2.08. The van der Waals surface area contributed by atoms with Gasteiger partial charge in [-0.1, -0.05) is 24.3 Å². The zero-order chi connectivity index (χ0) is 15.2. The molecule has 1 aliphatic rings. The van der Waals surface area contributed by atoms with Crippen LogP contribution in [0.2, 0.25) is 0 Å². The molecule has 0 aliphatic carbocycles. The van der Waals surface area contributed by atoms with Gasteiger partial charge in [0, 0.05) is 18.3 Å². The number of rotatable bonds is 4. The summed E-state index contributed by atoms with van der Waals surface area (Å²) in [6.07, 6.45) is 0. The summed E-state index contributed by atoms with van der Waals surface area (Å²) in [5.74, 6) is 1.33. The van der Waals surface area contributed by atoms with Crippen molar-refractivity contribution in [2.24, 2.45) is 0 Å². The average molecular weight is 335 g/mol. The van der Waals surface area contributed by atoms with Crippen LogP contribution >= 0.6 is 12.4 Å². The summed E-state index contributed by atoms with van der Waals surface area (Å²) in [5, 5.41) is 6.00. The van der Waals surface area contributed by atoms with E-state index < -0.39 is 0 Å². The zero-order valence-electron chi connectivity index (χ0n) is 12.5. The molecule has 1 heterocycles. The highest BCUT2D eigenvalue weighted by atomic mass is 35.5. The van der Waals surface area contributed by atoms with E-state index in [1.165, 1.54) is 0 Å². The van der Waals surface area contributed by atoms with Gasteiger partial charge in [-0.15, -0.1) is 12.4 Å². The lowest BCUT2D eigenvalue weighted by Gasteiger charge is -2.22. The van der Waals surface area contributed by atoms with Gasteiger partial charge >= 0.3 is 0 Å². The summed E-state index contributed by atoms with van der Waals surface area (Å²) >= 11 is 0. The van der Waals surface area contributed by atoms with Gasteiger partial charge in [-0.3, -0.25) is 4.79 Å². The van der Waals surface area contributed by atoms with Gasteiger partial charge in [0.25, 0.3) is 0 Å². The number of amides is 1. The molecule has 1 atom stereocenters. The Kier molecular flexibility index (Phi) is 6.40. The minimum absolute atomic E-state index is 0. The predicted molar refractivity (Wildman–Crippen MR) is 91.4 cm³/mol. The molecule has 2 N–H and O–H groups in total. The summed E-state index contributed by atoms with van der Waals surface area (Å²) < 4.78 is 11.1. The third-order valence-electron chi connectivity index (χ3n) is 3.32. The van der Waals surface area contributed by atoms with Gasteiger partial charge in [0.15, 0.2) is 0 Å². The number of ether oxygens (including phenoxy) is 2. The Bertz CT molecular complexity index is 631. The van der Waals surface area contributed by atoms with Crippen molar-refractivity contribution >= 4 is 24.0 Å². The Balaban J connectivity index is 0.00000192. The van der Waals surface area contributed by atoms with Crippen LogP contribution in [0.25, 0.3) is 0 Å². The normalized spacial score (nSPS) is 17.0. The maximum absolute atomic E-state index is 12.1. The quantitative estimate of drug-likeness (QED) is 0.902. The van der Waals surface area contributed by atoms with Crippen molar-refractivity contribution in [3.63, 3.8) is 0 Å². The molecule has 1 fully saturated rings. The molecule has 0 bridgehead atoms. The minimum atomic E-state index is -0.313. The van der Waals surface area contributed by atoms with Crippen LogP contribution in [-0.4, -0.2) is 31.7 Å². The number of nitrogens with one attached hydrogen (secondary N) is 2. The van der Waals surface area contributed by atoms with Crippen LogP contribution in [-0.2, 0) is 9.53 Å². The molecule has 23 heavy (non-hydrogen) atoms. The predicted octanol–water partition coefficient (Wildman–Crippen LogP) is 2.83. The Labute approximate surface area is 141 Å². The third-order valence-corrected chi connectivity index (χ3v) is 3.32. The van der Waals surface area contributed by atoms with Crippen LogP contribution in [0.5, 0.6) is 11.5 Å². The van der Waals surface area contributed by atoms with Gasteiger partial charge in [-0.25, -0.2) is 0 Å². The number of anilines is 1. The van der Waals surface area contributed by atoms with Crippen molar-refractivity contribution in [2.45, 2.75) is 6.04 Å². The van der Waals surface area contributed by atoms with Gasteiger partial charge in [-0.2, -0.15) is 0 Å². The molecule has 0 saturated carbocycles. The lowest BCUT2D eigenvalue weighted by Crippen LogP contribution is -2.48. The second-order valence-corrected chi connectivity index (χ2v) is 5.01. The van der Waals surface area contributed by atoms with Gasteiger partial charge in [0.1, 0.15) is 17.5 Å². The van der Waals surface area contributed by atoms with E-state index in [0.717, 1.165) is 5.75 Å². The van der Waals surface area contributed by atoms with Gasteiger partial charge in [0.05, 0.1) is 13.2 Å². The lowest BCUT2D eigenvalue weighted by atomic mass is 10.2. The molecule has 3 rings (SSSR count). The highest BCUT2D eigenvalue weighted by Crippen LogP contribution is 2.23. The number of carbonyl (C=O) groups is 1. The molecule has 1 amide bonds. The third kappa shape index (κ3) is 4.96. The lowest BCUT2D eigenvalue weighted by molar-refractivity contribution is -0.120. The largest absolute Gasteiger partial charge is 0.457 e. The summed E-state index contributed by atoms with van der Waals surface area (Å²) in [6.45, 7) is 1.73. The van der Waals surface area contributed by atoms with Crippen molar-refractivity contribution in [1.29, 1.82) is 0 Å². The van der Waals surface area contributed by atoms with E-state index in [1.54, 1.807) is 6.07 Å². The molecular formula is C17H19ClN2O3. The number of para-hydroxylation sites is 1. The first-order valence-corrected chi connectivity index (χ1v) is 7.26. The number of halogens is 1. The number of morpholine rings is 1. The van der Waals surface area contributed by atoms with E-state index in [1.807, 2.05) is 48.5 Å². The second-order valence-electron chi connectivity index (χ2n) is 5.01. The zero-order valence-corrected chi connectivity index (χ0v) is 13.3. The monoisotopic (exact) mass is 334 g/mol. The maximum atomic E-state index is 12.1. The molecule has 0 aromatic heterocycles.